The van der Waals surface area contributed by atoms with Crippen LogP contribution in [-0.2, 0) is 12.7 Å². The van der Waals surface area contributed by atoms with E-state index in [2.05, 4.69) is 9.88 Å². The quantitative estimate of drug-likeness (QED) is 0.909. The Bertz CT molecular complexity index is 802. The van der Waals surface area contributed by atoms with Gasteiger partial charge in [0.2, 0.25) is 5.56 Å². The van der Waals surface area contributed by atoms with Gasteiger partial charge in [0.15, 0.2) is 0 Å². The van der Waals surface area contributed by atoms with Crippen LogP contribution in [0.25, 0.3) is 0 Å². The first-order valence-corrected chi connectivity index (χ1v) is 8.19. The molecule has 8 heteroatoms. The molecule has 1 aliphatic rings. The van der Waals surface area contributed by atoms with E-state index in [1.807, 2.05) is 0 Å². The molecule has 1 aromatic carbocycles. The number of amides is 1. The van der Waals surface area contributed by atoms with Gasteiger partial charge in [0.1, 0.15) is 0 Å². The van der Waals surface area contributed by atoms with Gasteiger partial charge in [0.05, 0.1) is 11.1 Å². The molecule has 0 radical (unpaired) electrons. The van der Waals surface area contributed by atoms with Crippen LogP contribution in [-0.4, -0.2) is 46.9 Å². The third-order valence-corrected chi connectivity index (χ3v) is 4.38. The number of hydrogen-bond acceptors (Lipinski definition) is 3. The van der Waals surface area contributed by atoms with Gasteiger partial charge in [-0.05, 0) is 23.8 Å². The van der Waals surface area contributed by atoms with E-state index in [4.69, 9.17) is 0 Å². The van der Waals surface area contributed by atoms with Crippen LogP contribution in [0, 0.1) is 0 Å². The molecule has 2 heterocycles. The molecule has 1 saturated heterocycles. The molecule has 2 aromatic rings. The van der Waals surface area contributed by atoms with Crippen LogP contribution >= 0.6 is 0 Å². The van der Waals surface area contributed by atoms with Crippen molar-refractivity contribution in [3.63, 3.8) is 0 Å². The summed E-state index contributed by atoms with van der Waals surface area (Å²) in [6, 6.07) is 7.96. The molecule has 0 bridgehead atoms. The third-order valence-electron chi connectivity index (χ3n) is 4.38. The fraction of sp³-hybridized carbons (Fsp3) is 0.333. The van der Waals surface area contributed by atoms with Gasteiger partial charge in [0.25, 0.3) is 5.91 Å². The number of aromatic nitrogens is 1. The number of nitrogens with one attached hydrogen (secondary N) is 1. The van der Waals surface area contributed by atoms with Crippen molar-refractivity contribution < 1.29 is 18.0 Å². The first kappa shape index (κ1) is 18.2. The van der Waals surface area contributed by atoms with Gasteiger partial charge in [-0.3, -0.25) is 14.5 Å². The van der Waals surface area contributed by atoms with E-state index in [-0.39, 0.29) is 11.5 Å². The first-order chi connectivity index (χ1) is 12.3. The Kier molecular flexibility index (Phi) is 5.13. The third kappa shape index (κ3) is 4.32. The fourth-order valence-electron chi connectivity index (χ4n) is 2.89. The van der Waals surface area contributed by atoms with Crippen molar-refractivity contribution in [3.8, 4) is 0 Å². The number of carbonyl (C=O) groups excluding carboxylic acids is 1. The molecule has 5 nitrogen and oxygen atoms in total. The lowest BCUT2D eigenvalue weighted by molar-refractivity contribution is -0.137. The van der Waals surface area contributed by atoms with Gasteiger partial charge >= 0.3 is 6.18 Å². The number of H-pyrrole nitrogens is 1. The lowest BCUT2D eigenvalue weighted by Crippen LogP contribution is -2.48. The molecule has 0 saturated carbocycles. The highest BCUT2D eigenvalue weighted by Gasteiger charge is 2.30. The minimum absolute atomic E-state index is 0.143. The summed E-state index contributed by atoms with van der Waals surface area (Å²) in [5, 5.41) is 0. The second kappa shape index (κ2) is 7.33. The summed E-state index contributed by atoms with van der Waals surface area (Å²) >= 11 is 0. The standard InChI is InChI=1S/C18H18F3N3O2/c19-18(20,21)15-4-1-13(2-5-15)12-23-7-9-24(10-8-23)17(26)14-3-6-16(25)22-11-14/h1-6,11H,7-10,12H2,(H,22,25). The Labute approximate surface area is 148 Å². The Balaban J connectivity index is 1.54. The largest absolute Gasteiger partial charge is 0.416 e. The van der Waals surface area contributed by atoms with Crippen LogP contribution in [0.3, 0.4) is 0 Å². The maximum atomic E-state index is 12.6. The molecular weight excluding hydrogens is 347 g/mol. The molecule has 1 amide bonds. The van der Waals surface area contributed by atoms with E-state index in [0.717, 1.165) is 17.7 Å². The number of rotatable bonds is 3. The van der Waals surface area contributed by atoms with Crippen molar-refractivity contribution in [1.82, 2.24) is 14.8 Å². The summed E-state index contributed by atoms with van der Waals surface area (Å²) < 4.78 is 37.8. The van der Waals surface area contributed by atoms with Crippen LogP contribution in [0.2, 0.25) is 0 Å². The topological polar surface area (TPSA) is 56.4 Å². The van der Waals surface area contributed by atoms with Gasteiger partial charge < -0.3 is 9.88 Å². The van der Waals surface area contributed by atoms with Crippen molar-refractivity contribution >= 4 is 5.91 Å². The number of piperazine rings is 1. The zero-order valence-electron chi connectivity index (χ0n) is 13.9. The van der Waals surface area contributed by atoms with E-state index in [1.54, 1.807) is 4.90 Å². The van der Waals surface area contributed by atoms with Gasteiger partial charge in [-0.1, -0.05) is 12.1 Å². The van der Waals surface area contributed by atoms with Gasteiger partial charge in [0, 0.05) is 45.0 Å². The number of benzene rings is 1. The monoisotopic (exact) mass is 365 g/mol. The molecule has 138 valence electrons. The van der Waals surface area contributed by atoms with Crippen molar-refractivity contribution in [1.29, 1.82) is 0 Å². The summed E-state index contributed by atoms with van der Waals surface area (Å²) in [5.74, 6) is -0.143. The Hall–Kier alpha value is -2.61. The number of alkyl halides is 3. The zero-order valence-corrected chi connectivity index (χ0v) is 13.9. The lowest BCUT2D eigenvalue weighted by Gasteiger charge is -2.34. The molecule has 3 rings (SSSR count). The first-order valence-electron chi connectivity index (χ1n) is 8.19. The maximum Gasteiger partial charge on any atom is 0.416 e. The van der Waals surface area contributed by atoms with Crippen LogP contribution in [0.15, 0.2) is 47.4 Å². The fourth-order valence-corrected chi connectivity index (χ4v) is 2.89. The maximum absolute atomic E-state index is 12.6. The number of aromatic amines is 1. The van der Waals surface area contributed by atoms with Crippen LogP contribution < -0.4 is 5.56 Å². The van der Waals surface area contributed by atoms with E-state index in [9.17, 15) is 22.8 Å². The average Bonchev–Trinajstić information content (AvgIpc) is 2.62. The molecule has 0 aliphatic carbocycles. The highest BCUT2D eigenvalue weighted by molar-refractivity contribution is 5.93. The highest BCUT2D eigenvalue weighted by Crippen LogP contribution is 2.29. The normalized spacial score (nSPS) is 15.9. The van der Waals surface area contributed by atoms with Crippen molar-refractivity contribution in [3.05, 3.63) is 69.6 Å². The second-order valence-corrected chi connectivity index (χ2v) is 6.20. The van der Waals surface area contributed by atoms with Crippen LogP contribution in [0.1, 0.15) is 21.5 Å². The molecule has 0 unspecified atom stereocenters. The zero-order chi connectivity index (χ0) is 18.7. The van der Waals surface area contributed by atoms with E-state index in [0.29, 0.717) is 38.3 Å². The molecule has 0 spiro atoms. The summed E-state index contributed by atoms with van der Waals surface area (Å²) in [7, 11) is 0. The van der Waals surface area contributed by atoms with Crippen LogP contribution in [0.5, 0.6) is 0 Å². The average molecular weight is 365 g/mol. The summed E-state index contributed by atoms with van der Waals surface area (Å²) in [6.07, 6.45) is -2.93. The molecule has 1 fully saturated rings. The van der Waals surface area contributed by atoms with E-state index < -0.39 is 11.7 Å². The van der Waals surface area contributed by atoms with Gasteiger partial charge in [-0.25, -0.2) is 0 Å². The number of halogens is 3. The number of pyridine rings is 1. The van der Waals surface area contributed by atoms with E-state index in [1.165, 1.54) is 30.5 Å². The smallest absolute Gasteiger partial charge is 0.336 e. The highest BCUT2D eigenvalue weighted by atomic mass is 19.4. The number of hydrogen-bond donors (Lipinski definition) is 1. The molecular formula is C18H18F3N3O2. The SMILES string of the molecule is O=C(c1ccc(=O)[nH]c1)N1CCN(Cc2ccc(C(F)(F)F)cc2)CC1. The second-order valence-electron chi connectivity index (χ2n) is 6.20. The van der Waals surface area contributed by atoms with E-state index >= 15 is 0 Å². The summed E-state index contributed by atoms with van der Waals surface area (Å²) in [5.41, 5.74) is 0.319. The number of carbonyl (C=O) groups is 1. The molecule has 1 aromatic heterocycles. The molecule has 1 N–H and O–H groups in total. The van der Waals surface area contributed by atoms with Crippen molar-refractivity contribution in [2.45, 2.75) is 12.7 Å². The summed E-state index contributed by atoms with van der Waals surface area (Å²) in [4.78, 5) is 29.7. The van der Waals surface area contributed by atoms with Gasteiger partial charge in [-0.15, -0.1) is 0 Å². The minimum Gasteiger partial charge on any atom is -0.336 e. The molecule has 26 heavy (non-hydrogen) atoms. The lowest BCUT2D eigenvalue weighted by atomic mass is 10.1. The minimum atomic E-state index is -4.33. The summed E-state index contributed by atoms with van der Waals surface area (Å²) in [6.45, 7) is 2.86. The Morgan fingerprint density at radius 2 is 1.65 bits per heavy atom. The molecule has 1 aliphatic heterocycles. The Morgan fingerprint density at radius 1 is 1.00 bits per heavy atom. The Morgan fingerprint density at radius 3 is 2.19 bits per heavy atom. The predicted octanol–water partition coefficient (Wildman–Crippen LogP) is 2.35. The predicted molar refractivity (Wildman–Crippen MR) is 89.7 cm³/mol. The van der Waals surface area contributed by atoms with Crippen molar-refractivity contribution in [2.24, 2.45) is 0 Å². The number of nitrogens with zero attached hydrogens (tertiary/aromatic N) is 2. The molecule has 0 atom stereocenters. The van der Waals surface area contributed by atoms with Crippen LogP contribution in [0.4, 0.5) is 13.2 Å². The van der Waals surface area contributed by atoms with Gasteiger partial charge in [-0.2, -0.15) is 13.2 Å². The van der Waals surface area contributed by atoms with Crippen molar-refractivity contribution in [2.75, 3.05) is 26.2 Å².